The Bertz CT molecular complexity index is 568. The number of benzene rings is 1. The van der Waals surface area contributed by atoms with Crippen molar-refractivity contribution in [2.24, 2.45) is 17.6 Å². The van der Waals surface area contributed by atoms with Gasteiger partial charge in [-0.15, -0.1) is 0 Å². The molecule has 1 aromatic carbocycles. The van der Waals surface area contributed by atoms with Gasteiger partial charge in [-0.1, -0.05) is 57.2 Å². The molecule has 25 heavy (non-hydrogen) atoms. The van der Waals surface area contributed by atoms with E-state index in [1.807, 2.05) is 29.6 Å². The van der Waals surface area contributed by atoms with Crippen molar-refractivity contribution >= 4 is 11.9 Å². The number of rotatable bonds is 8. The van der Waals surface area contributed by atoms with E-state index in [0.29, 0.717) is 11.7 Å². The molecule has 0 saturated heterocycles. The zero-order chi connectivity index (χ0) is 18.1. The van der Waals surface area contributed by atoms with Crippen LogP contribution in [0.15, 0.2) is 24.3 Å². The number of hydrogen-bond donors (Lipinski definition) is 2. The SMILES string of the molecule is CC(CCc1ccccc1OCC(=O)NC(N)=O)CC1CCCCC1. The zero-order valence-corrected chi connectivity index (χ0v) is 15.1. The summed E-state index contributed by atoms with van der Waals surface area (Å²) in [5, 5.41) is 2.00. The summed E-state index contributed by atoms with van der Waals surface area (Å²) in [6.45, 7) is 2.12. The molecule has 0 radical (unpaired) electrons. The van der Waals surface area contributed by atoms with Crippen LogP contribution in [0.2, 0.25) is 0 Å². The van der Waals surface area contributed by atoms with Gasteiger partial charge in [-0.05, 0) is 42.7 Å². The normalized spacial score (nSPS) is 16.2. The van der Waals surface area contributed by atoms with Crippen molar-refractivity contribution in [1.29, 1.82) is 0 Å². The molecule has 5 nitrogen and oxygen atoms in total. The lowest BCUT2D eigenvalue weighted by atomic mass is 9.82. The number of imide groups is 1. The maximum Gasteiger partial charge on any atom is 0.318 e. The zero-order valence-electron chi connectivity index (χ0n) is 15.1. The molecular weight excluding hydrogens is 316 g/mol. The van der Waals surface area contributed by atoms with Crippen LogP contribution in [0.25, 0.3) is 0 Å². The molecule has 1 aliphatic rings. The molecule has 1 aliphatic carbocycles. The Morgan fingerprint density at radius 2 is 1.96 bits per heavy atom. The van der Waals surface area contributed by atoms with Crippen LogP contribution in [-0.4, -0.2) is 18.5 Å². The summed E-state index contributed by atoms with van der Waals surface area (Å²) in [5.41, 5.74) is 6.03. The Kier molecular flexibility index (Phi) is 7.76. The molecule has 5 heteroatoms. The van der Waals surface area contributed by atoms with E-state index in [1.165, 1.54) is 38.5 Å². The predicted octanol–water partition coefficient (Wildman–Crippen LogP) is 3.80. The van der Waals surface area contributed by atoms with Gasteiger partial charge in [0.1, 0.15) is 5.75 Å². The molecule has 1 fully saturated rings. The van der Waals surface area contributed by atoms with Gasteiger partial charge >= 0.3 is 6.03 Å². The number of carbonyl (C=O) groups excluding carboxylic acids is 2. The topological polar surface area (TPSA) is 81.4 Å². The Hall–Kier alpha value is -2.04. The predicted molar refractivity (Wildman–Crippen MR) is 98.3 cm³/mol. The largest absolute Gasteiger partial charge is 0.483 e. The smallest absolute Gasteiger partial charge is 0.318 e. The Balaban J connectivity index is 1.80. The molecule has 0 aliphatic heterocycles. The number of para-hydroxylation sites is 1. The van der Waals surface area contributed by atoms with Crippen LogP contribution < -0.4 is 15.8 Å². The lowest BCUT2D eigenvalue weighted by Crippen LogP contribution is -2.38. The third-order valence-corrected chi connectivity index (χ3v) is 4.96. The van der Waals surface area contributed by atoms with Gasteiger partial charge in [-0.25, -0.2) is 4.79 Å². The van der Waals surface area contributed by atoms with Crippen molar-refractivity contribution < 1.29 is 14.3 Å². The van der Waals surface area contributed by atoms with Crippen LogP contribution in [0, 0.1) is 11.8 Å². The highest BCUT2D eigenvalue weighted by atomic mass is 16.5. The third kappa shape index (κ3) is 7.16. The van der Waals surface area contributed by atoms with Gasteiger partial charge in [0.05, 0.1) is 0 Å². The molecule has 138 valence electrons. The van der Waals surface area contributed by atoms with Crippen LogP contribution in [0.4, 0.5) is 4.79 Å². The Labute approximate surface area is 150 Å². The fourth-order valence-corrected chi connectivity index (χ4v) is 3.68. The van der Waals surface area contributed by atoms with Gasteiger partial charge in [0.2, 0.25) is 0 Å². The monoisotopic (exact) mass is 346 g/mol. The second kappa shape index (κ2) is 10.1. The summed E-state index contributed by atoms with van der Waals surface area (Å²) in [6.07, 6.45) is 10.3. The standard InChI is InChI=1S/C20H30N2O3/c1-15(13-16-7-3-2-4-8-16)11-12-17-9-5-6-10-18(17)25-14-19(23)22-20(21)24/h5-6,9-10,15-16H,2-4,7-8,11-14H2,1H3,(H3,21,22,23,24). The van der Waals surface area contributed by atoms with E-state index in [1.54, 1.807) is 0 Å². The first-order valence-corrected chi connectivity index (χ1v) is 9.34. The van der Waals surface area contributed by atoms with Crippen molar-refractivity contribution in [3.05, 3.63) is 29.8 Å². The van der Waals surface area contributed by atoms with Crippen molar-refractivity contribution in [2.45, 2.75) is 58.3 Å². The molecular formula is C20H30N2O3. The van der Waals surface area contributed by atoms with E-state index in [-0.39, 0.29) is 6.61 Å². The third-order valence-electron chi connectivity index (χ3n) is 4.96. The van der Waals surface area contributed by atoms with Crippen LogP contribution in [-0.2, 0) is 11.2 Å². The molecule has 1 atom stereocenters. The first kappa shape index (κ1) is 19.3. The quantitative estimate of drug-likeness (QED) is 0.751. The lowest BCUT2D eigenvalue weighted by molar-refractivity contribution is -0.121. The number of carbonyl (C=O) groups is 2. The number of aryl methyl sites for hydroxylation is 1. The highest BCUT2D eigenvalue weighted by Gasteiger charge is 2.17. The first-order chi connectivity index (χ1) is 12.0. The average molecular weight is 346 g/mol. The molecule has 1 aromatic rings. The van der Waals surface area contributed by atoms with Crippen molar-refractivity contribution in [2.75, 3.05) is 6.61 Å². The van der Waals surface area contributed by atoms with Gasteiger partial charge in [0.25, 0.3) is 5.91 Å². The number of urea groups is 1. The number of primary amides is 1. The number of nitrogens with two attached hydrogens (primary N) is 1. The number of ether oxygens (including phenoxy) is 1. The minimum absolute atomic E-state index is 0.211. The highest BCUT2D eigenvalue weighted by molar-refractivity contribution is 5.94. The van der Waals surface area contributed by atoms with E-state index in [9.17, 15) is 9.59 Å². The summed E-state index contributed by atoms with van der Waals surface area (Å²) in [4.78, 5) is 22.2. The Morgan fingerprint density at radius 1 is 1.24 bits per heavy atom. The van der Waals surface area contributed by atoms with Crippen molar-refractivity contribution in [3.8, 4) is 5.75 Å². The maximum absolute atomic E-state index is 11.5. The van der Waals surface area contributed by atoms with Crippen LogP contribution in [0.1, 0.15) is 57.4 Å². The summed E-state index contributed by atoms with van der Waals surface area (Å²) in [6, 6.07) is 6.90. The summed E-state index contributed by atoms with van der Waals surface area (Å²) in [7, 11) is 0. The Morgan fingerprint density at radius 3 is 2.68 bits per heavy atom. The highest BCUT2D eigenvalue weighted by Crippen LogP contribution is 2.31. The van der Waals surface area contributed by atoms with Crippen LogP contribution in [0.3, 0.4) is 0 Å². The molecule has 1 unspecified atom stereocenters. The molecule has 0 heterocycles. The molecule has 2 rings (SSSR count). The second-order valence-corrected chi connectivity index (χ2v) is 7.19. The van der Waals surface area contributed by atoms with Gasteiger partial charge in [0.15, 0.2) is 6.61 Å². The first-order valence-electron chi connectivity index (χ1n) is 9.34. The summed E-state index contributed by atoms with van der Waals surface area (Å²) < 4.78 is 5.56. The minimum Gasteiger partial charge on any atom is -0.483 e. The lowest BCUT2D eigenvalue weighted by Gasteiger charge is -2.24. The van der Waals surface area contributed by atoms with E-state index in [2.05, 4.69) is 6.92 Å². The minimum atomic E-state index is -0.863. The number of amides is 3. The molecule has 1 saturated carbocycles. The van der Waals surface area contributed by atoms with Crippen molar-refractivity contribution in [3.63, 3.8) is 0 Å². The van der Waals surface area contributed by atoms with Gasteiger partial charge < -0.3 is 10.5 Å². The van der Waals surface area contributed by atoms with Crippen LogP contribution in [0.5, 0.6) is 5.75 Å². The van der Waals surface area contributed by atoms with E-state index in [0.717, 1.165) is 24.3 Å². The fraction of sp³-hybridized carbons (Fsp3) is 0.600. The van der Waals surface area contributed by atoms with Crippen LogP contribution >= 0.6 is 0 Å². The number of nitrogens with one attached hydrogen (secondary N) is 1. The van der Waals surface area contributed by atoms with E-state index in [4.69, 9.17) is 10.5 Å². The molecule has 3 N–H and O–H groups in total. The van der Waals surface area contributed by atoms with Gasteiger partial charge in [-0.3, -0.25) is 10.1 Å². The molecule has 3 amide bonds. The molecule has 0 bridgehead atoms. The molecule has 0 spiro atoms. The molecule has 0 aromatic heterocycles. The fourth-order valence-electron chi connectivity index (χ4n) is 3.68. The maximum atomic E-state index is 11.5. The number of hydrogen-bond acceptors (Lipinski definition) is 3. The van der Waals surface area contributed by atoms with Gasteiger partial charge in [-0.2, -0.15) is 0 Å². The summed E-state index contributed by atoms with van der Waals surface area (Å²) >= 11 is 0. The van der Waals surface area contributed by atoms with Gasteiger partial charge in [0, 0.05) is 0 Å². The summed E-state index contributed by atoms with van der Waals surface area (Å²) in [5.74, 6) is 1.75. The van der Waals surface area contributed by atoms with E-state index < -0.39 is 11.9 Å². The van der Waals surface area contributed by atoms with E-state index >= 15 is 0 Å². The second-order valence-electron chi connectivity index (χ2n) is 7.19. The van der Waals surface area contributed by atoms with Crippen molar-refractivity contribution in [1.82, 2.24) is 5.32 Å². The average Bonchev–Trinajstić information content (AvgIpc) is 2.59.